The van der Waals surface area contributed by atoms with Crippen LogP contribution in [0.25, 0.3) is 16.7 Å². The average Bonchev–Trinajstić information content (AvgIpc) is 2.90. The fourth-order valence-corrected chi connectivity index (χ4v) is 1.94. The van der Waals surface area contributed by atoms with Crippen LogP contribution in [0.4, 0.5) is 10.2 Å². The van der Waals surface area contributed by atoms with E-state index < -0.39 is 11.8 Å². The van der Waals surface area contributed by atoms with Gasteiger partial charge >= 0.3 is 5.97 Å². The predicted octanol–water partition coefficient (Wildman–Crippen LogP) is 1.45. The molecule has 0 aliphatic rings. The Morgan fingerprint density at radius 1 is 1.33 bits per heavy atom. The molecule has 0 spiro atoms. The summed E-state index contributed by atoms with van der Waals surface area (Å²) < 4.78 is 15.2. The topological polar surface area (TPSA) is 92.9 Å². The van der Waals surface area contributed by atoms with Gasteiger partial charge in [0.15, 0.2) is 5.65 Å². The number of anilines is 1. The highest BCUT2D eigenvalue weighted by Gasteiger charge is 2.13. The molecular formula is C13H10FN5O2. The molecule has 2 heterocycles. The average molecular weight is 287 g/mol. The quantitative estimate of drug-likeness (QED) is 0.754. The first kappa shape index (κ1) is 13.0. The molecule has 0 aliphatic heterocycles. The number of aliphatic carboxylic acids is 1. The fraction of sp³-hybridized carbons (Fsp3) is 0.0769. The van der Waals surface area contributed by atoms with Crippen LogP contribution in [0.2, 0.25) is 0 Å². The third-order valence-electron chi connectivity index (χ3n) is 2.85. The van der Waals surface area contributed by atoms with Gasteiger partial charge in [0, 0.05) is 0 Å². The molecule has 3 aromatic rings. The number of aromatic nitrogens is 4. The number of halogens is 1. The van der Waals surface area contributed by atoms with Gasteiger partial charge in [-0.15, -0.1) is 0 Å². The lowest BCUT2D eigenvalue weighted by Gasteiger charge is -2.05. The normalized spacial score (nSPS) is 10.7. The molecule has 0 radical (unpaired) electrons. The number of nitrogens with one attached hydrogen (secondary N) is 1. The van der Waals surface area contributed by atoms with E-state index in [1.807, 2.05) is 0 Å². The smallest absolute Gasteiger partial charge is 0.322 e. The zero-order chi connectivity index (χ0) is 14.8. The number of hydrogen-bond acceptors (Lipinski definition) is 5. The van der Waals surface area contributed by atoms with Crippen LogP contribution < -0.4 is 5.32 Å². The van der Waals surface area contributed by atoms with Crippen LogP contribution in [0.5, 0.6) is 0 Å². The van der Waals surface area contributed by atoms with Gasteiger partial charge in [-0.05, 0) is 12.1 Å². The summed E-state index contributed by atoms with van der Waals surface area (Å²) >= 11 is 0. The Morgan fingerprint density at radius 3 is 2.90 bits per heavy atom. The van der Waals surface area contributed by atoms with E-state index in [4.69, 9.17) is 5.11 Å². The van der Waals surface area contributed by atoms with Crippen molar-refractivity contribution in [1.29, 1.82) is 0 Å². The molecular weight excluding hydrogens is 277 g/mol. The van der Waals surface area contributed by atoms with Crippen molar-refractivity contribution in [3.8, 4) is 5.69 Å². The lowest BCUT2D eigenvalue weighted by Crippen LogP contribution is -2.13. The summed E-state index contributed by atoms with van der Waals surface area (Å²) in [5.74, 6) is -1.10. The Hall–Kier alpha value is -3.03. The zero-order valence-corrected chi connectivity index (χ0v) is 10.7. The molecule has 3 rings (SSSR count). The van der Waals surface area contributed by atoms with Gasteiger partial charge < -0.3 is 10.4 Å². The first-order valence-electron chi connectivity index (χ1n) is 6.06. The highest BCUT2D eigenvalue weighted by atomic mass is 19.1. The molecule has 0 fully saturated rings. The van der Waals surface area contributed by atoms with Crippen molar-refractivity contribution in [3.63, 3.8) is 0 Å². The lowest BCUT2D eigenvalue weighted by atomic mass is 10.3. The molecule has 2 aromatic heterocycles. The maximum Gasteiger partial charge on any atom is 0.322 e. The van der Waals surface area contributed by atoms with Gasteiger partial charge in [-0.25, -0.2) is 19.0 Å². The van der Waals surface area contributed by atoms with Crippen molar-refractivity contribution in [3.05, 3.63) is 42.6 Å². The molecule has 0 saturated carbocycles. The van der Waals surface area contributed by atoms with Crippen molar-refractivity contribution < 1.29 is 14.3 Å². The molecule has 21 heavy (non-hydrogen) atoms. The summed E-state index contributed by atoms with van der Waals surface area (Å²) in [6, 6.07) is 6.18. The van der Waals surface area contributed by atoms with Crippen LogP contribution in [0.3, 0.4) is 0 Å². The van der Waals surface area contributed by atoms with Gasteiger partial charge in [0.25, 0.3) is 0 Å². The van der Waals surface area contributed by atoms with Crippen LogP contribution in [-0.4, -0.2) is 37.4 Å². The number of fused-ring (bicyclic) bond motifs is 1. The third kappa shape index (κ3) is 2.38. The maximum absolute atomic E-state index is 13.8. The summed E-state index contributed by atoms with van der Waals surface area (Å²) in [6.07, 6.45) is 2.73. The number of rotatable bonds is 4. The molecule has 0 saturated heterocycles. The maximum atomic E-state index is 13.8. The Labute approximate surface area is 118 Å². The van der Waals surface area contributed by atoms with Crippen molar-refractivity contribution in [2.24, 2.45) is 0 Å². The summed E-state index contributed by atoms with van der Waals surface area (Å²) in [5, 5.41) is 16.0. The van der Waals surface area contributed by atoms with Gasteiger partial charge in [-0.1, -0.05) is 12.1 Å². The Balaban J connectivity index is 2.09. The molecule has 2 N–H and O–H groups in total. The summed E-state index contributed by atoms with van der Waals surface area (Å²) in [4.78, 5) is 18.7. The second-order valence-corrected chi connectivity index (χ2v) is 4.21. The van der Waals surface area contributed by atoms with Crippen molar-refractivity contribution >= 4 is 22.8 Å². The van der Waals surface area contributed by atoms with Crippen molar-refractivity contribution in [2.45, 2.75) is 0 Å². The van der Waals surface area contributed by atoms with Crippen LogP contribution in [0.15, 0.2) is 36.8 Å². The standard InChI is InChI=1S/C13H10FN5O2/c14-9-3-1-2-4-10(9)19-13-8(5-18-19)12(16-7-17-13)15-6-11(20)21/h1-5,7H,6H2,(H,20,21)(H,15,16,17). The number of carboxylic acids is 1. The highest BCUT2D eigenvalue weighted by molar-refractivity contribution is 5.88. The first-order valence-corrected chi connectivity index (χ1v) is 6.06. The number of benzene rings is 1. The van der Waals surface area contributed by atoms with Gasteiger partial charge in [0.05, 0.1) is 11.6 Å². The molecule has 106 valence electrons. The van der Waals surface area contributed by atoms with Crippen LogP contribution >= 0.6 is 0 Å². The molecule has 0 unspecified atom stereocenters. The van der Waals surface area contributed by atoms with Crippen molar-refractivity contribution in [2.75, 3.05) is 11.9 Å². The van der Waals surface area contributed by atoms with Crippen LogP contribution in [-0.2, 0) is 4.79 Å². The highest BCUT2D eigenvalue weighted by Crippen LogP contribution is 2.22. The van der Waals surface area contributed by atoms with E-state index in [-0.39, 0.29) is 12.2 Å². The third-order valence-corrected chi connectivity index (χ3v) is 2.85. The molecule has 1 aromatic carbocycles. The summed E-state index contributed by atoms with van der Waals surface area (Å²) in [7, 11) is 0. The van der Waals surface area contributed by atoms with E-state index >= 15 is 0 Å². The Morgan fingerprint density at radius 2 is 2.14 bits per heavy atom. The van der Waals surface area contributed by atoms with Gasteiger partial charge in [-0.2, -0.15) is 5.10 Å². The van der Waals surface area contributed by atoms with E-state index in [0.717, 1.165) is 0 Å². The van der Waals surface area contributed by atoms with Crippen LogP contribution in [0.1, 0.15) is 0 Å². The second kappa shape index (κ2) is 5.16. The van der Waals surface area contributed by atoms with Gasteiger partial charge in [0.1, 0.15) is 30.2 Å². The van der Waals surface area contributed by atoms with Crippen molar-refractivity contribution in [1.82, 2.24) is 19.7 Å². The summed E-state index contributed by atoms with van der Waals surface area (Å²) in [5.41, 5.74) is 0.651. The monoisotopic (exact) mass is 287 g/mol. The SMILES string of the molecule is O=C(O)CNc1ncnc2c1cnn2-c1ccccc1F. The van der Waals surface area contributed by atoms with Gasteiger partial charge in [0.2, 0.25) is 0 Å². The van der Waals surface area contributed by atoms with E-state index in [1.54, 1.807) is 18.2 Å². The number of para-hydroxylation sites is 1. The molecule has 7 nitrogen and oxygen atoms in total. The number of carbonyl (C=O) groups is 1. The van der Waals surface area contributed by atoms with Gasteiger partial charge in [-0.3, -0.25) is 4.79 Å². The molecule has 8 heteroatoms. The largest absolute Gasteiger partial charge is 0.480 e. The fourth-order valence-electron chi connectivity index (χ4n) is 1.94. The first-order chi connectivity index (χ1) is 10.2. The Bertz CT molecular complexity index is 817. The second-order valence-electron chi connectivity index (χ2n) is 4.21. The van der Waals surface area contributed by atoms with E-state index in [0.29, 0.717) is 16.9 Å². The number of carboxylic acid groups (broad SMARTS) is 1. The van der Waals surface area contributed by atoms with E-state index in [2.05, 4.69) is 20.4 Å². The molecule has 0 atom stereocenters. The number of hydrogen-bond donors (Lipinski definition) is 2. The molecule has 0 bridgehead atoms. The van der Waals surface area contributed by atoms with Crippen LogP contribution in [0, 0.1) is 5.82 Å². The minimum absolute atomic E-state index is 0.260. The minimum Gasteiger partial charge on any atom is -0.480 e. The Kier molecular flexibility index (Phi) is 3.19. The van der Waals surface area contributed by atoms with E-state index in [9.17, 15) is 9.18 Å². The number of nitrogens with zero attached hydrogens (tertiary/aromatic N) is 4. The summed E-state index contributed by atoms with van der Waals surface area (Å²) in [6.45, 7) is -0.281. The minimum atomic E-state index is -1.01. The molecule has 0 amide bonds. The predicted molar refractivity (Wildman–Crippen MR) is 72.7 cm³/mol. The zero-order valence-electron chi connectivity index (χ0n) is 10.7. The van der Waals surface area contributed by atoms with E-state index in [1.165, 1.54) is 23.3 Å². The lowest BCUT2D eigenvalue weighted by molar-refractivity contribution is -0.134. The molecule has 0 aliphatic carbocycles.